The van der Waals surface area contributed by atoms with Crippen molar-refractivity contribution in [3.63, 3.8) is 0 Å². The first-order valence-electron chi connectivity index (χ1n) is 6.10. The quantitative estimate of drug-likeness (QED) is 0.763. The molecule has 0 saturated heterocycles. The van der Waals surface area contributed by atoms with Gasteiger partial charge in [0.2, 0.25) is 0 Å². The number of hydrogen-bond acceptors (Lipinski definition) is 2. The molecule has 0 amide bonds. The molecule has 2 heterocycles. The van der Waals surface area contributed by atoms with Crippen LogP contribution in [0.5, 0.6) is 0 Å². The van der Waals surface area contributed by atoms with Crippen LogP contribution in [0.3, 0.4) is 0 Å². The van der Waals surface area contributed by atoms with Crippen molar-refractivity contribution in [1.82, 2.24) is 14.6 Å². The molecule has 3 rings (SSSR count). The largest absolute Gasteiger partial charge is 0.233 e. The van der Waals surface area contributed by atoms with Crippen LogP contribution in [0.2, 0.25) is 5.15 Å². The normalized spacial score (nSPS) is 17.4. The predicted octanol–water partition coefficient (Wildman–Crippen LogP) is 3.46. The average molecular weight is 250 g/mol. The summed E-state index contributed by atoms with van der Waals surface area (Å²) in [6.45, 7) is 4.53. The van der Waals surface area contributed by atoms with E-state index in [1.54, 1.807) is 10.7 Å². The van der Waals surface area contributed by atoms with E-state index >= 15 is 0 Å². The van der Waals surface area contributed by atoms with Gasteiger partial charge in [0.05, 0.1) is 11.9 Å². The summed E-state index contributed by atoms with van der Waals surface area (Å²) in [6.07, 6.45) is 5.68. The number of aromatic nitrogens is 3. The minimum absolute atomic E-state index is 0.105. The SMILES string of the molecule is CC(C)(c1cc(Cl)n2nccc2n1)C1CCC1. The van der Waals surface area contributed by atoms with Crippen LogP contribution in [0, 0.1) is 5.92 Å². The lowest BCUT2D eigenvalue weighted by Gasteiger charge is -2.40. The van der Waals surface area contributed by atoms with Crippen molar-refractivity contribution in [1.29, 1.82) is 0 Å². The van der Waals surface area contributed by atoms with Gasteiger partial charge in [-0.15, -0.1) is 0 Å². The Labute approximate surface area is 106 Å². The van der Waals surface area contributed by atoms with Gasteiger partial charge < -0.3 is 0 Å². The van der Waals surface area contributed by atoms with E-state index < -0.39 is 0 Å². The zero-order valence-electron chi connectivity index (χ0n) is 10.2. The zero-order chi connectivity index (χ0) is 12.0. The Balaban J connectivity index is 2.10. The molecule has 3 nitrogen and oxygen atoms in total. The molecule has 17 heavy (non-hydrogen) atoms. The fourth-order valence-electron chi connectivity index (χ4n) is 2.54. The second-order valence-electron chi connectivity index (χ2n) is 5.41. The molecular weight excluding hydrogens is 234 g/mol. The fourth-order valence-corrected chi connectivity index (χ4v) is 2.78. The van der Waals surface area contributed by atoms with Gasteiger partial charge in [0.15, 0.2) is 5.65 Å². The minimum Gasteiger partial charge on any atom is -0.233 e. The van der Waals surface area contributed by atoms with Gasteiger partial charge >= 0.3 is 0 Å². The second-order valence-corrected chi connectivity index (χ2v) is 5.80. The molecule has 0 bridgehead atoms. The monoisotopic (exact) mass is 249 g/mol. The van der Waals surface area contributed by atoms with Crippen LogP contribution >= 0.6 is 11.6 Å². The van der Waals surface area contributed by atoms with Gasteiger partial charge in [0, 0.05) is 11.5 Å². The van der Waals surface area contributed by atoms with Crippen molar-refractivity contribution in [2.24, 2.45) is 5.92 Å². The molecule has 4 heteroatoms. The molecule has 2 aromatic rings. The molecule has 0 spiro atoms. The smallest absolute Gasteiger partial charge is 0.156 e. The summed E-state index contributed by atoms with van der Waals surface area (Å²) < 4.78 is 1.67. The zero-order valence-corrected chi connectivity index (χ0v) is 10.9. The number of hydrogen-bond donors (Lipinski definition) is 0. The third-order valence-electron chi connectivity index (χ3n) is 4.10. The lowest BCUT2D eigenvalue weighted by molar-refractivity contribution is 0.190. The fraction of sp³-hybridized carbons (Fsp3) is 0.538. The highest BCUT2D eigenvalue weighted by atomic mass is 35.5. The maximum absolute atomic E-state index is 6.24. The molecule has 1 aliphatic rings. The Morgan fingerprint density at radius 3 is 2.82 bits per heavy atom. The first-order chi connectivity index (χ1) is 8.09. The predicted molar refractivity (Wildman–Crippen MR) is 68.4 cm³/mol. The molecule has 90 valence electrons. The van der Waals surface area contributed by atoms with Crippen LogP contribution in [0.15, 0.2) is 18.3 Å². The summed E-state index contributed by atoms with van der Waals surface area (Å²) in [6, 6.07) is 3.85. The first kappa shape index (κ1) is 11.0. The molecule has 2 aromatic heterocycles. The van der Waals surface area contributed by atoms with Crippen LogP contribution in [0.25, 0.3) is 5.65 Å². The molecule has 0 aromatic carbocycles. The third-order valence-corrected chi connectivity index (χ3v) is 4.37. The highest BCUT2D eigenvalue weighted by Crippen LogP contribution is 2.43. The topological polar surface area (TPSA) is 30.2 Å². The maximum atomic E-state index is 6.24. The molecule has 1 fully saturated rings. The van der Waals surface area contributed by atoms with Crippen molar-refractivity contribution in [2.45, 2.75) is 38.5 Å². The Morgan fingerprint density at radius 2 is 2.18 bits per heavy atom. The van der Waals surface area contributed by atoms with Crippen LogP contribution < -0.4 is 0 Å². The van der Waals surface area contributed by atoms with Crippen molar-refractivity contribution in [3.05, 3.63) is 29.2 Å². The van der Waals surface area contributed by atoms with E-state index in [9.17, 15) is 0 Å². The summed E-state index contributed by atoms with van der Waals surface area (Å²) in [5.41, 5.74) is 2.02. The van der Waals surface area contributed by atoms with Crippen LogP contribution in [-0.2, 0) is 5.41 Å². The Kier molecular flexibility index (Phi) is 2.40. The van der Waals surface area contributed by atoms with Gasteiger partial charge in [-0.05, 0) is 24.8 Å². The summed E-state index contributed by atoms with van der Waals surface area (Å²) in [7, 11) is 0. The second kappa shape index (κ2) is 3.70. The minimum atomic E-state index is 0.105. The van der Waals surface area contributed by atoms with E-state index in [0.29, 0.717) is 5.15 Å². The molecule has 1 saturated carbocycles. The van der Waals surface area contributed by atoms with Gasteiger partial charge in [-0.25, -0.2) is 9.50 Å². The molecule has 0 atom stereocenters. The molecule has 1 aliphatic carbocycles. The lowest BCUT2D eigenvalue weighted by atomic mass is 9.66. The van der Waals surface area contributed by atoms with Crippen LogP contribution in [0.4, 0.5) is 0 Å². The van der Waals surface area contributed by atoms with Gasteiger partial charge in [0.1, 0.15) is 5.15 Å². The van der Waals surface area contributed by atoms with Crippen molar-refractivity contribution in [2.75, 3.05) is 0 Å². The van der Waals surface area contributed by atoms with Crippen molar-refractivity contribution >= 4 is 17.2 Å². The van der Waals surface area contributed by atoms with Gasteiger partial charge in [-0.3, -0.25) is 0 Å². The first-order valence-corrected chi connectivity index (χ1v) is 6.47. The van der Waals surface area contributed by atoms with Crippen molar-refractivity contribution in [3.8, 4) is 0 Å². The van der Waals surface area contributed by atoms with E-state index in [-0.39, 0.29) is 5.41 Å². The highest BCUT2D eigenvalue weighted by Gasteiger charge is 2.36. The summed E-state index contributed by atoms with van der Waals surface area (Å²) >= 11 is 6.24. The van der Waals surface area contributed by atoms with Crippen LogP contribution in [0.1, 0.15) is 38.8 Å². The van der Waals surface area contributed by atoms with E-state index in [0.717, 1.165) is 17.3 Å². The van der Waals surface area contributed by atoms with Crippen molar-refractivity contribution < 1.29 is 0 Å². The molecule has 0 radical (unpaired) electrons. The lowest BCUT2D eigenvalue weighted by Crippen LogP contribution is -2.34. The summed E-state index contributed by atoms with van der Waals surface area (Å²) in [5, 5.41) is 4.78. The van der Waals surface area contributed by atoms with E-state index in [4.69, 9.17) is 11.6 Å². The third kappa shape index (κ3) is 1.64. The maximum Gasteiger partial charge on any atom is 0.156 e. The van der Waals surface area contributed by atoms with Gasteiger partial charge in [-0.2, -0.15) is 5.10 Å². The molecule has 0 unspecified atom stereocenters. The van der Waals surface area contributed by atoms with Gasteiger partial charge in [-0.1, -0.05) is 31.9 Å². The van der Waals surface area contributed by atoms with Crippen LogP contribution in [-0.4, -0.2) is 14.6 Å². The Morgan fingerprint density at radius 1 is 1.41 bits per heavy atom. The molecular formula is C13H16ClN3. The summed E-state index contributed by atoms with van der Waals surface area (Å²) in [4.78, 5) is 4.69. The Bertz CT molecular complexity index is 555. The van der Waals surface area contributed by atoms with Gasteiger partial charge in [0.25, 0.3) is 0 Å². The molecule has 0 N–H and O–H groups in total. The summed E-state index contributed by atoms with van der Waals surface area (Å²) in [5.74, 6) is 0.733. The number of rotatable bonds is 2. The standard InChI is InChI=1S/C13H16ClN3/c1-13(2,9-4-3-5-9)10-8-11(14)17-12(16-10)6-7-15-17/h6-9H,3-5H2,1-2H3. The average Bonchev–Trinajstić information content (AvgIpc) is 2.62. The number of nitrogens with zero attached hydrogens (tertiary/aromatic N) is 3. The van der Waals surface area contributed by atoms with E-state index in [1.165, 1.54) is 19.3 Å². The van der Waals surface area contributed by atoms with E-state index in [1.807, 2.05) is 12.1 Å². The number of fused-ring (bicyclic) bond motifs is 1. The number of halogens is 1. The highest BCUT2D eigenvalue weighted by molar-refractivity contribution is 6.29. The van der Waals surface area contributed by atoms with E-state index in [2.05, 4.69) is 23.9 Å². The Hall–Kier alpha value is -1.09. The molecule has 0 aliphatic heterocycles.